The fourth-order valence-electron chi connectivity index (χ4n) is 9.13. The van der Waals surface area contributed by atoms with Crippen molar-refractivity contribution in [1.82, 2.24) is 5.32 Å². The van der Waals surface area contributed by atoms with Gasteiger partial charge in [-0.2, -0.15) is 0 Å². The molecule has 1 amide bonds. The lowest BCUT2D eigenvalue weighted by Crippen LogP contribution is -2.53. The number of hydrogen-bond donors (Lipinski definition) is 5. The topological polar surface area (TPSA) is 110 Å². The van der Waals surface area contributed by atoms with Crippen molar-refractivity contribution in [2.45, 2.75) is 334 Å². The van der Waals surface area contributed by atoms with Crippen molar-refractivity contribution in [2.24, 2.45) is 0 Å². The van der Waals surface area contributed by atoms with Gasteiger partial charge in [-0.15, -0.1) is 0 Å². The predicted octanol–water partition coefficient (Wildman–Crippen LogP) is 16.6. The third-order valence-electron chi connectivity index (χ3n) is 13.6. The first-order chi connectivity index (χ1) is 31.5. The maximum absolute atomic E-state index is 12.6. The highest BCUT2D eigenvalue weighted by Gasteiger charge is 2.28. The minimum Gasteiger partial charge on any atom is -0.394 e. The van der Waals surface area contributed by atoms with E-state index in [1.54, 1.807) is 0 Å². The van der Waals surface area contributed by atoms with Gasteiger partial charge in [0.05, 0.1) is 18.8 Å². The molecule has 0 saturated carbocycles. The lowest BCUT2D eigenvalue weighted by Gasteiger charge is -2.27. The van der Waals surface area contributed by atoms with E-state index in [-0.39, 0.29) is 0 Å². The molecule has 0 aromatic rings. The van der Waals surface area contributed by atoms with E-state index in [1.807, 2.05) is 0 Å². The van der Waals surface area contributed by atoms with Crippen LogP contribution in [0.5, 0.6) is 0 Å². The summed E-state index contributed by atoms with van der Waals surface area (Å²) in [6.45, 7) is 4.08. The Kier molecular flexibility index (Phi) is 51.8. The Morgan fingerprint density at radius 2 is 0.656 bits per heavy atom. The number of nitrogens with one attached hydrogen (secondary N) is 1. The Morgan fingerprint density at radius 3 is 0.984 bits per heavy atom. The van der Waals surface area contributed by atoms with Gasteiger partial charge in [0, 0.05) is 0 Å². The Balaban J connectivity index is 3.65. The van der Waals surface area contributed by atoms with E-state index < -0.39 is 36.9 Å². The maximum atomic E-state index is 12.6. The summed E-state index contributed by atoms with van der Waals surface area (Å²) in [4.78, 5) is 12.6. The largest absolute Gasteiger partial charge is 0.394 e. The van der Waals surface area contributed by atoms with Crippen molar-refractivity contribution in [3.63, 3.8) is 0 Å². The van der Waals surface area contributed by atoms with Crippen LogP contribution in [0.25, 0.3) is 0 Å². The van der Waals surface area contributed by atoms with Crippen LogP contribution < -0.4 is 5.32 Å². The van der Waals surface area contributed by atoms with Crippen LogP contribution >= 0.6 is 0 Å². The van der Waals surface area contributed by atoms with Crippen LogP contribution in [0.4, 0.5) is 0 Å². The Hall–Kier alpha value is -1.21. The van der Waals surface area contributed by atoms with E-state index in [4.69, 9.17) is 0 Å². The van der Waals surface area contributed by atoms with Crippen molar-refractivity contribution in [2.75, 3.05) is 6.61 Å². The molecule has 0 heterocycles. The molecule has 0 aliphatic heterocycles. The first-order valence-corrected chi connectivity index (χ1v) is 28.7. The van der Waals surface area contributed by atoms with Crippen molar-refractivity contribution < 1.29 is 25.2 Å². The summed E-state index contributed by atoms with van der Waals surface area (Å²) in [5.41, 5.74) is 0. The van der Waals surface area contributed by atoms with E-state index in [0.717, 1.165) is 38.5 Å². The van der Waals surface area contributed by atoms with Gasteiger partial charge in [0.1, 0.15) is 12.2 Å². The van der Waals surface area contributed by atoms with Gasteiger partial charge in [-0.25, -0.2) is 0 Å². The molecule has 0 saturated heterocycles. The average molecular weight is 905 g/mol. The van der Waals surface area contributed by atoms with Crippen molar-refractivity contribution in [1.29, 1.82) is 0 Å². The fourth-order valence-corrected chi connectivity index (χ4v) is 9.13. The minimum atomic E-state index is -1.29. The monoisotopic (exact) mass is 904 g/mol. The summed E-state index contributed by atoms with van der Waals surface area (Å²) in [6, 6.07) is -1.01. The molecule has 0 aromatic carbocycles. The van der Waals surface area contributed by atoms with Crippen LogP contribution in [0.15, 0.2) is 24.3 Å². The molecule has 380 valence electrons. The summed E-state index contributed by atoms with van der Waals surface area (Å²) in [5.74, 6) is -0.591. The quantitative estimate of drug-likeness (QED) is 0.0308. The van der Waals surface area contributed by atoms with Gasteiger partial charge in [0.2, 0.25) is 5.91 Å². The molecule has 0 bridgehead atoms. The van der Waals surface area contributed by atoms with Gasteiger partial charge >= 0.3 is 0 Å². The van der Waals surface area contributed by atoms with Crippen LogP contribution in [0.2, 0.25) is 0 Å². The zero-order valence-corrected chi connectivity index (χ0v) is 43.0. The minimum absolute atomic E-state index is 0.365. The molecule has 0 aliphatic rings. The van der Waals surface area contributed by atoms with Crippen LogP contribution in [0.1, 0.15) is 309 Å². The highest BCUT2D eigenvalue weighted by Crippen LogP contribution is 2.18. The molecule has 4 atom stereocenters. The molecule has 64 heavy (non-hydrogen) atoms. The van der Waals surface area contributed by atoms with Crippen LogP contribution in [0, 0.1) is 0 Å². The average Bonchev–Trinajstić information content (AvgIpc) is 3.30. The molecule has 0 radical (unpaired) electrons. The molecule has 4 unspecified atom stereocenters. The smallest absolute Gasteiger partial charge is 0.249 e. The molecule has 0 rings (SSSR count). The first-order valence-electron chi connectivity index (χ1n) is 28.7. The van der Waals surface area contributed by atoms with Crippen LogP contribution in [0.3, 0.4) is 0 Å². The summed E-state index contributed by atoms with van der Waals surface area (Å²) in [6.07, 6.45) is 64.0. The van der Waals surface area contributed by atoms with Gasteiger partial charge in [0.15, 0.2) is 0 Å². The number of carbonyl (C=O) groups excluding carboxylic acids is 1. The normalized spacial score (nSPS) is 13.9. The standard InChI is InChI=1S/C58H113NO5/c1-3-5-7-9-11-13-15-17-19-21-23-25-27-28-29-30-32-34-36-38-40-42-44-46-48-50-52-56(62)58(64)59-54(53-60)57(63)55(61)51-49-47-45-43-41-39-37-35-33-31-26-24-22-20-18-16-14-12-10-8-6-4-2/h35,37,43,45,54-57,60-63H,3-34,36,38-42,44,46-53H2,1-2H3,(H,59,64)/b37-35+,45-43+. The predicted molar refractivity (Wildman–Crippen MR) is 279 cm³/mol. The third kappa shape index (κ3) is 45.9. The maximum Gasteiger partial charge on any atom is 0.249 e. The highest BCUT2D eigenvalue weighted by atomic mass is 16.3. The summed E-state index contributed by atoms with van der Waals surface area (Å²) < 4.78 is 0. The van der Waals surface area contributed by atoms with E-state index in [1.165, 1.54) is 238 Å². The second-order valence-corrected chi connectivity index (χ2v) is 20.0. The third-order valence-corrected chi connectivity index (χ3v) is 13.6. The molecule has 5 N–H and O–H groups in total. The van der Waals surface area contributed by atoms with Gasteiger partial charge < -0.3 is 25.7 Å². The molecule has 0 aromatic heterocycles. The van der Waals surface area contributed by atoms with Gasteiger partial charge in [-0.1, -0.05) is 282 Å². The van der Waals surface area contributed by atoms with E-state index in [9.17, 15) is 25.2 Å². The second-order valence-electron chi connectivity index (χ2n) is 20.0. The van der Waals surface area contributed by atoms with Crippen LogP contribution in [-0.2, 0) is 4.79 Å². The Bertz CT molecular complexity index is 970. The van der Waals surface area contributed by atoms with Gasteiger partial charge in [-0.3, -0.25) is 4.79 Å². The molecule has 6 heteroatoms. The summed E-state index contributed by atoms with van der Waals surface area (Å²) in [5, 5.41) is 44.0. The number of aliphatic hydroxyl groups is 4. The van der Waals surface area contributed by atoms with Crippen molar-refractivity contribution in [3.05, 3.63) is 24.3 Å². The molecule has 0 spiro atoms. The number of hydrogen-bond acceptors (Lipinski definition) is 5. The number of unbranched alkanes of at least 4 members (excludes halogenated alkanes) is 40. The number of aliphatic hydroxyl groups excluding tert-OH is 4. The van der Waals surface area contributed by atoms with Crippen LogP contribution in [-0.4, -0.2) is 57.3 Å². The number of rotatable bonds is 53. The van der Waals surface area contributed by atoms with E-state index in [0.29, 0.717) is 19.3 Å². The lowest BCUT2D eigenvalue weighted by molar-refractivity contribution is -0.132. The fraction of sp³-hybridized carbons (Fsp3) is 0.914. The number of amides is 1. The van der Waals surface area contributed by atoms with Gasteiger partial charge in [-0.05, 0) is 51.4 Å². The van der Waals surface area contributed by atoms with E-state index in [2.05, 4.69) is 43.5 Å². The Labute approximate surface area is 399 Å². The zero-order chi connectivity index (χ0) is 46.7. The number of allylic oxidation sites excluding steroid dienone is 4. The molecule has 6 nitrogen and oxygen atoms in total. The molecular formula is C58H113NO5. The summed E-state index contributed by atoms with van der Waals surface area (Å²) >= 11 is 0. The second kappa shape index (κ2) is 52.8. The molecule has 0 aliphatic carbocycles. The lowest BCUT2D eigenvalue weighted by atomic mass is 10.00. The van der Waals surface area contributed by atoms with Crippen molar-refractivity contribution >= 4 is 5.91 Å². The van der Waals surface area contributed by atoms with Gasteiger partial charge in [0.25, 0.3) is 0 Å². The number of carbonyl (C=O) groups is 1. The van der Waals surface area contributed by atoms with E-state index >= 15 is 0 Å². The van der Waals surface area contributed by atoms with Crippen molar-refractivity contribution in [3.8, 4) is 0 Å². The first kappa shape index (κ1) is 62.8. The zero-order valence-electron chi connectivity index (χ0n) is 43.0. The highest BCUT2D eigenvalue weighted by molar-refractivity contribution is 5.80. The summed E-state index contributed by atoms with van der Waals surface area (Å²) in [7, 11) is 0. The Morgan fingerprint density at radius 1 is 0.375 bits per heavy atom. The molecular weight excluding hydrogens is 791 g/mol. The molecule has 0 fully saturated rings. The SMILES string of the molecule is CCCCCCCCCCCCCCC/C=C/CC/C=C/CCCC(O)C(O)C(CO)NC(=O)C(O)CCCCCCCCCCCCCCCCCCCCCCCCCCCC.